The fourth-order valence-electron chi connectivity index (χ4n) is 2.89. The molecule has 0 aliphatic rings. The van der Waals surface area contributed by atoms with Gasteiger partial charge in [0.05, 0.1) is 6.61 Å². The second-order valence-corrected chi connectivity index (χ2v) is 6.21. The third-order valence-corrected chi connectivity index (χ3v) is 4.32. The first-order chi connectivity index (χ1) is 13.4. The van der Waals surface area contributed by atoms with Gasteiger partial charge in [-0.15, -0.1) is 0 Å². The molecular formula is C22H20O6. The van der Waals surface area contributed by atoms with Crippen LogP contribution < -0.4 is 4.74 Å². The molecule has 0 radical (unpaired) electrons. The Morgan fingerprint density at radius 1 is 1.00 bits per heavy atom. The molecule has 0 aliphatic carbocycles. The number of fused-ring (bicyclic) bond motifs is 1. The number of hydrogen-bond acceptors (Lipinski definition) is 6. The normalized spacial score (nSPS) is 11.8. The topological polar surface area (TPSA) is 93.1 Å². The lowest BCUT2D eigenvalue weighted by molar-refractivity contribution is 0.0316. The van der Waals surface area contributed by atoms with E-state index in [4.69, 9.17) is 9.47 Å². The van der Waals surface area contributed by atoms with Gasteiger partial charge in [-0.05, 0) is 44.2 Å². The summed E-state index contributed by atoms with van der Waals surface area (Å²) in [7, 11) is 0. The lowest BCUT2D eigenvalue weighted by Gasteiger charge is -2.14. The van der Waals surface area contributed by atoms with Crippen LogP contribution in [-0.4, -0.2) is 34.7 Å². The van der Waals surface area contributed by atoms with Gasteiger partial charge in [0.15, 0.2) is 6.10 Å². The Bertz CT molecular complexity index is 1020. The quantitative estimate of drug-likeness (QED) is 0.380. The third-order valence-electron chi connectivity index (χ3n) is 4.32. The Kier molecular flexibility index (Phi) is 5.49. The van der Waals surface area contributed by atoms with Crippen molar-refractivity contribution in [1.29, 1.82) is 0 Å². The Morgan fingerprint density at radius 3 is 2.29 bits per heavy atom. The van der Waals surface area contributed by atoms with Crippen molar-refractivity contribution in [3.05, 3.63) is 65.7 Å². The van der Waals surface area contributed by atoms with E-state index in [0.717, 1.165) is 6.07 Å². The van der Waals surface area contributed by atoms with Crippen LogP contribution in [0.2, 0.25) is 0 Å². The molecule has 0 aromatic heterocycles. The predicted octanol–water partition coefficient (Wildman–Crippen LogP) is 4.08. The number of carbonyl (C=O) groups is 2. The van der Waals surface area contributed by atoms with Gasteiger partial charge in [0.25, 0.3) is 0 Å². The fourth-order valence-corrected chi connectivity index (χ4v) is 2.89. The number of phenols is 2. The first-order valence-electron chi connectivity index (χ1n) is 8.84. The number of aromatic hydroxyl groups is 2. The molecule has 6 nitrogen and oxygen atoms in total. The molecule has 0 spiro atoms. The van der Waals surface area contributed by atoms with Crippen molar-refractivity contribution >= 4 is 22.5 Å². The summed E-state index contributed by atoms with van der Waals surface area (Å²) in [5.41, 5.74) is 0.164. The van der Waals surface area contributed by atoms with Gasteiger partial charge in [-0.1, -0.05) is 24.3 Å². The van der Waals surface area contributed by atoms with Crippen molar-refractivity contribution in [3.8, 4) is 17.2 Å². The molecule has 1 atom stereocenters. The van der Waals surface area contributed by atoms with Gasteiger partial charge in [-0.25, -0.2) is 4.79 Å². The van der Waals surface area contributed by atoms with Gasteiger partial charge >= 0.3 is 5.97 Å². The third kappa shape index (κ3) is 3.76. The average molecular weight is 380 g/mol. The number of esters is 1. The number of Topliss-reactive ketones (excluding diaryl/α,β-unsaturated/α-hetero) is 1. The number of hydrogen-bond donors (Lipinski definition) is 2. The lowest BCUT2D eigenvalue weighted by Crippen LogP contribution is -2.24. The molecule has 0 bridgehead atoms. The minimum atomic E-state index is -1.07. The first kappa shape index (κ1) is 19.2. The molecule has 28 heavy (non-hydrogen) atoms. The summed E-state index contributed by atoms with van der Waals surface area (Å²) in [6, 6.07) is 14.2. The van der Waals surface area contributed by atoms with Crippen LogP contribution >= 0.6 is 0 Å². The second kappa shape index (κ2) is 8.00. The summed E-state index contributed by atoms with van der Waals surface area (Å²) in [6.45, 7) is 3.83. The Morgan fingerprint density at radius 2 is 1.64 bits per heavy atom. The van der Waals surface area contributed by atoms with E-state index in [9.17, 15) is 19.8 Å². The molecule has 2 N–H and O–H groups in total. The summed E-state index contributed by atoms with van der Waals surface area (Å²) in [5, 5.41) is 21.2. The highest BCUT2D eigenvalue weighted by molar-refractivity contribution is 6.05. The van der Waals surface area contributed by atoms with Crippen LogP contribution in [0.15, 0.2) is 54.6 Å². The van der Waals surface area contributed by atoms with Crippen molar-refractivity contribution in [2.75, 3.05) is 6.61 Å². The summed E-state index contributed by atoms with van der Waals surface area (Å²) < 4.78 is 10.6. The van der Waals surface area contributed by atoms with E-state index in [-0.39, 0.29) is 22.8 Å². The molecule has 3 rings (SSSR count). The maximum Gasteiger partial charge on any atom is 0.342 e. The standard InChI is InChI=1S/C22H20O6/c1-3-27-15-10-8-14(9-11-15)20(24)13(2)28-22(26)18-12-19(23)16-6-4-5-7-17(16)21(18)25/h4-13,23,25H,3H2,1-2H3/t13-/m0/s1. The predicted molar refractivity (Wildman–Crippen MR) is 104 cm³/mol. The molecule has 0 amide bonds. The molecule has 6 heteroatoms. The maximum atomic E-state index is 12.5. The zero-order valence-corrected chi connectivity index (χ0v) is 15.5. The summed E-state index contributed by atoms with van der Waals surface area (Å²) in [4.78, 5) is 25.0. The molecule has 3 aromatic rings. The monoisotopic (exact) mass is 380 g/mol. The van der Waals surface area contributed by atoms with E-state index < -0.39 is 12.1 Å². The number of carbonyl (C=O) groups excluding carboxylic acids is 2. The molecule has 3 aromatic carbocycles. The lowest BCUT2D eigenvalue weighted by atomic mass is 10.0. The zero-order chi connectivity index (χ0) is 20.3. The summed E-state index contributed by atoms with van der Waals surface area (Å²) >= 11 is 0. The van der Waals surface area contributed by atoms with Gasteiger partial charge in [-0.2, -0.15) is 0 Å². The smallest absolute Gasteiger partial charge is 0.342 e. The molecule has 0 aliphatic heterocycles. The van der Waals surface area contributed by atoms with Gasteiger partial charge in [0.2, 0.25) is 5.78 Å². The SMILES string of the molecule is CCOc1ccc(C(=O)[C@H](C)OC(=O)c2cc(O)c3ccccc3c2O)cc1. The van der Waals surface area contributed by atoms with E-state index in [2.05, 4.69) is 0 Å². The van der Waals surface area contributed by atoms with Crippen LogP contribution in [-0.2, 0) is 4.74 Å². The minimum absolute atomic E-state index is 0.161. The molecule has 0 unspecified atom stereocenters. The molecule has 144 valence electrons. The van der Waals surface area contributed by atoms with E-state index in [0.29, 0.717) is 28.7 Å². The van der Waals surface area contributed by atoms with Crippen LogP contribution in [0.4, 0.5) is 0 Å². The maximum absolute atomic E-state index is 12.5. The van der Waals surface area contributed by atoms with Crippen LogP contribution in [0.25, 0.3) is 10.8 Å². The van der Waals surface area contributed by atoms with Crippen LogP contribution in [0.5, 0.6) is 17.2 Å². The highest BCUT2D eigenvalue weighted by atomic mass is 16.5. The molecule has 0 fully saturated rings. The van der Waals surface area contributed by atoms with E-state index >= 15 is 0 Å². The summed E-state index contributed by atoms with van der Waals surface area (Å²) in [6.07, 6.45) is -1.07. The Labute approximate surface area is 161 Å². The van der Waals surface area contributed by atoms with Gasteiger partial charge in [-0.3, -0.25) is 4.79 Å². The molecule has 0 saturated carbocycles. The number of ketones is 1. The minimum Gasteiger partial charge on any atom is -0.507 e. The second-order valence-electron chi connectivity index (χ2n) is 6.21. The number of benzene rings is 3. The van der Waals surface area contributed by atoms with Gasteiger partial charge in [0.1, 0.15) is 22.8 Å². The Hall–Kier alpha value is -3.54. The average Bonchev–Trinajstić information content (AvgIpc) is 2.71. The van der Waals surface area contributed by atoms with Gasteiger partial charge < -0.3 is 19.7 Å². The highest BCUT2D eigenvalue weighted by Crippen LogP contribution is 2.35. The van der Waals surface area contributed by atoms with E-state index in [1.807, 2.05) is 6.92 Å². The van der Waals surface area contributed by atoms with Crippen molar-refractivity contribution in [1.82, 2.24) is 0 Å². The van der Waals surface area contributed by atoms with Crippen molar-refractivity contribution in [2.24, 2.45) is 0 Å². The Balaban J connectivity index is 1.79. The molecule has 0 saturated heterocycles. The largest absolute Gasteiger partial charge is 0.507 e. The fraction of sp³-hybridized carbons (Fsp3) is 0.182. The van der Waals surface area contributed by atoms with E-state index in [1.165, 1.54) is 6.92 Å². The van der Waals surface area contributed by atoms with Crippen molar-refractivity contribution in [3.63, 3.8) is 0 Å². The van der Waals surface area contributed by atoms with Crippen LogP contribution in [0.3, 0.4) is 0 Å². The highest BCUT2D eigenvalue weighted by Gasteiger charge is 2.24. The number of ether oxygens (including phenoxy) is 2. The van der Waals surface area contributed by atoms with Crippen molar-refractivity contribution < 1.29 is 29.3 Å². The van der Waals surface area contributed by atoms with Crippen molar-refractivity contribution in [2.45, 2.75) is 20.0 Å². The number of rotatable bonds is 6. The van der Waals surface area contributed by atoms with Crippen LogP contribution in [0.1, 0.15) is 34.6 Å². The molecule has 0 heterocycles. The van der Waals surface area contributed by atoms with Crippen LogP contribution in [0, 0.1) is 0 Å². The first-order valence-corrected chi connectivity index (χ1v) is 8.84. The van der Waals surface area contributed by atoms with E-state index in [1.54, 1.807) is 48.5 Å². The molecular weight excluding hydrogens is 360 g/mol. The van der Waals surface area contributed by atoms with Gasteiger partial charge in [0, 0.05) is 16.3 Å². The summed E-state index contributed by atoms with van der Waals surface area (Å²) in [5.74, 6) is -1.11. The zero-order valence-electron chi connectivity index (χ0n) is 15.5. The number of phenolic OH excluding ortho intramolecular Hbond substituents is 2.